The number of carbonyl (C=O) groups is 1. The van der Waals surface area contributed by atoms with E-state index in [1.807, 2.05) is 4.90 Å². The van der Waals surface area contributed by atoms with Crippen LogP contribution in [0.15, 0.2) is 24.3 Å². The van der Waals surface area contributed by atoms with E-state index in [-0.39, 0.29) is 36.8 Å². The summed E-state index contributed by atoms with van der Waals surface area (Å²) in [6.07, 6.45) is 0.535. The fraction of sp³-hybridized carbons (Fsp3) is 0.588. The maximum absolute atomic E-state index is 12.4. The highest BCUT2D eigenvalue weighted by Gasteiger charge is 2.24. The van der Waals surface area contributed by atoms with Crippen LogP contribution in [0.2, 0.25) is 0 Å². The van der Waals surface area contributed by atoms with Crippen molar-refractivity contribution in [1.82, 2.24) is 10.2 Å². The van der Waals surface area contributed by atoms with Gasteiger partial charge in [0.1, 0.15) is 0 Å². The Morgan fingerprint density at radius 2 is 2.00 bits per heavy atom. The van der Waals surface area contributed by atoms with Gasteiger partial charge in [0.2, 0.25) is 5.91 Å². The maximum Gasteiger partial charge on any atom is 0.225 e. The van der Waals surface area contributed by atoms with Crippen molar-refractivity contribution in [2.45, 2.75) is 19.4 Å². The molecular formula is C17H27Cl2N3O2. The molecule has 5 nitrogen and oxygen atoms in total. The highest BCUT2D eigenvalue weighted by molar-refractivity contribution is 5.85. The molecular weight excluding hydrogens is 349 g/mol. The molecule has 136 valence electrons. The summed E-state index contributed by atoms with van der Waals surface area (Å²) in [6.45, 7) is 7.90. The van der Waals surface area contributed by atoms with Gasteiger partial charge in [-0.05, 0) is 24.6 Å². The van der Waals surface area contributed by atoms with Crippen molar-refractivity contribution >= 4 is 36.4 Å². The van der Waals surface area contributed by atoms with Crippen LogP contribution < -0.4 is 10.2 Å². The van der Waals surface area contributed by atoms with E-state index in [2.05, 4.69) is 41.4 Å². The molecule has 0 saturated carbocycles. The smallest absolute Gasteiger partial charge is 0.225 e. The Kier molecular flexibility index (Phi) is 8.84. The second-order valence-electron chi connectivity index (χ2n) is 6.11. The second kappa shape index (κ2) is 10.1. The number of halogens is 2. The second-order valence-corrected chi connectivity index (χ2v) is 6.11. The fourth-order valence-electron chi connectivity index (χ4n) is 3.11. The molecule has 2 saturated heterocycles. The Hall–Kier alpha value is -1.01. The standard InChI is InChI=1S/C17H25N3O2.2ClH/c1-14-3-2-4-15(11-14)19-6-8-20(9-7-19)17(21)12-16-13-18-5-10-22-16;;/h2-4,11,16,18H,5-10,12-13H2,1H3;2*1H. The first-order valence-electron chi connectivity index (χ1n) is 8.14. The first-order chi connectivity index (χ1) is 10.7. The normalized spacial score (nSPS) is 20.8. The Balaban J connectivity index is 0.00000144. The van der Waals surface area contributed by atoms with Crippen LogP contribution >= 0.6 is 24.8 Å². The SMILES string of the molecule is Cc1cccc(N2CCN(C(=O)CC3CNCCO3)CC2)c1.Cl.Cl. The summed E-state index contributed by atoms with van der Waals surface area (Å²) in [5, 5.41) is 3.27. The summed E-state index contributed by atoms with van der Waals surface area (Å²) in [6, 6.07) is 8.56. The topological polar surface area (TPSA) is 44.8 Å². The van der Waals surface area contributed by atoms with Gasteiger partial charge in [-0.25, -0.2) is 0 Å². The molecule has 24 heavy (non-hydrogen) atoms. The van der Waals surface area contributed by atoms with Crippen LogP contribution in [0.4, 0.5) is 5.69 Å². The van der Waals surface area contributed by atoms with Gasteiger partial charge in [0, 0.05) is 45.0 Å². The molecule has 2 fully saturated rings. The number of rotatable bonds is 3. The van der Waals surface area contributed by atoms with Gasteiger partial charge in [0.25, 0.3) is 0 Å². The first kappa shape index (κ1) is 21.0. The van der Waals surface area contributed by atoms with E-state index < -0.39 is 0 Å². The number of morpholine rings is 1. The molecule has 2 heterocycles. The number of aryl methyl sites for hydroxylation is 1. The summed E-state index contributed by atoms with van der Waals surface area (Å²) < 4.78 is 5.62. The van der Waals surface area contributed by atoms with Gasteiger partial charge < -0.3 is 19.9 Å². The third-order valence-electron chi connectivity index (χ3n) is 4.41. The zero-order chi connectivity index (χ0) is 15.4. The number of nitrogens with one attached hydrogen (secondary N) is 1. The average Bonchev–Trinajstić information content (AvgIpc) is 2.56. The molecule has 1 aromatic rings. The van der Waals surface area contributed by atoms with Gasteiger partial charge in [-0.3, -0.25) is 4.79 Å². The van der Waals surface area contributed by atoms with Gasteiger partial charge in [-0.1, -0.05) is 12.1 Å². The third kappa shape index (κ3) is 5.52. The minimum atomic E-state index is 0. The molecule has 1 N–H and O–H groups in total. The van der Waals surface area contributed by atoms with E-state index >= 15 is 0 Å². The Morgan fingerprint density at radius 3 is 2.62 bits per heavy atom. The van der Waals surface area contributed by atoms with Crippen LogP contribution in [0.5, 0.6) is 0 Å². The first-order valence-corrected chi connectivity index (χ1v) is 8.14. The number of hydrogen-bond acceptors (Lipinski definition) is 4. The number of piperazine rings is 1. The summed E-state index contributed by atoms with van der Waals surface area (Å²) in [5.41, 5.74) is 2.53. The number of anilines is 1. The molecule has 1 aromatic carbocycles. The van der Waals surface area contributed by atoms with E-state index in [4.69, 9.17) is 4.74 Å². The Morgan fingerprint density at radius 1 is 1.25 bits per heavy atom. The number of nitrogens with zero attached hydrogens (tertiary/aromatic N) is 2. The molecule has 3 rings (SSSR count). The fourth-order valence-corrected chi connectivity index (χ4v) is 3.11. The summed E-state index contributed by atoms with van der Waals surface area (Å²) in [4.78, 5) is 16.7. The molecule has 7 heteroatoms. The molecule has 0 aromatic heterocycles. The van der Waals surface area contributed by atoms with Crippen LogP contribution in [-0.4, -0.2) is 62.8 Å². The van der Waals surface area contributed by atoms with E-state index in [9.17, 15) is 4.79 Å². The van der Waals surface area contributed by atoms with Gasteiger partial charge >= 0.3 is 0 Å². The molecule has 0 bridgehead atoms. The number of ether oxygens (including phenoxy) is 1. The third-order valence-corrected chi connectivity index (χ3v) is 4.41. The summed E-state index contributed by atoms with van der Waals surface area (Å²) in [5.74, 6) is 0.220. The van der Waals surface area contributed by atoms with Crippen LogP contribution in [0.25, 0.3) is 0 Å². The lowest BCUT2D eigenvalue weighted by Gasteiger charge is -2.37. The molecule has 1 amide bonds. The van der Waals surface area contributed by atoms with Crippen LogP contribution in [-0.2, 0) is 9.53 Å². The lowest BCUT2D eigenvalue weighted by Crippen LogP contribution is -2.50. The Labute approximate surface area is 156 Å². The minimum absolute atomic E-state index is 0. The molecule has 2 aliphatic rings. The van der Waals surface area contributed by atoms with Gasteiger partial charge in [0.05, 0.1) is 19.1 Å². The molecule has 1 unspecified atom stereocenters. The van der Waals surface area contributed by atoms with E-state index in [0.29, 0.717) is 13.0 Å². The predicted molar refractivity (Wildman–Crippen MR) is 102 cm³/mol. The zero-order valence-corrected chi connectivity index (χ0v) is 15.7. The number of carbonyl (C=O) groups excluding carboxylic acids is 1. The van der Waals surface area contributed by atoms with Gasteiger partial charge in [-0.2, -0.15) is 0 Å². The van der Waals surface area contributed by atoms with Crippen LogP contribution in [0, 0.1) is 6.92 Å². The van der Waals surface area contributed by atoms with E-state index in [0.717, 1.165) is 39.3 Å². The zero-order valence-electron chi connectivity index (χ0n) is 14.1. The van der Waals surface area contributed by atoms with E-state index in [1.165, 1.54) is 11.3 Å². The van der Waals surface area contributed by atoms with Crippen LogP contribution in [0.1, 0.15) is 12.0 Å². The quantitative estimate of drug-likeness (QED) is 0.875. The van der Waals surface area contributed by atoms with Crippen molar-refractivity contribution in [1.29, 1.82) is 0 Å². The average molecular weight is 376 g/mol. The van der Waals surface area contributed by atoms with Crippen molar-refractivity contribution in [3.63, 3.8) is 0 Å². The molecule has 0 spiro atoms. The Bertz CT molecular complexity index is 516. The van der Waals surface area contributed by atoms with Crippen molar-refractivity contribution in [2.24, 2.45) is 0 Å². The number of benzene rings is 1. The summed E-state index contributed by atoms with van der Waals surface area (Å²) >= 11 is 0. The molecule has 0 aliphatic carbocycles. The van der Waals surface area contributed by atoms with Crippen molar-refractivity contribution in [2.75, 3.05) is 50.8 Å². The van der Waals surface area contributed by atoms with E-state index in [1.54, 1.807) is 0 Å². The molecule has 0 radical (unpaired) electrons. The lowest BCUT2D eigenvalue weighted by atomic mass is 10.1. The monoisotopic (exact) mass is 375 g/mol. The van der Waals surface area contributed by atoms with Crippen LogP contribution in [0.3, 0.4) is 0 Å². The molecule has 2 aliphatic heterocycles. The lowest BCUT2D eigenvalue weighted by molar-refractivity contribution is -0.135. The number of hydrogen-bond donors (Lipinski definition) is 1. The number of amides is 1. The van der Waals surface area contributed by atoms with Crippen molar-refractivity contribution in [3.05, 3.63) is 29.8 Å². The highest BCUT2D eigenvalue weighted by Crippen LogP contribution is 2.18. The van der Waals surface area contributed by atoms with Crippen molar-refractivity contribution in [3.8, 4) is 0 Å². The molecule has 1 atom stereocenters. The maximum atomic E-state index is 12.4. The van der Waals surface area contributed by atoms with Crippen molar-refractivity contribution < 1.29 is 9.53 Å². The predicted octanol–water partition coefficient (Wildman–Crippen LogP) is 1.87. The van der Waals surface area contributed by atoms with Gasteiger partial charge in [0.15, 0.2) is 0 Å². The highest BCUT2D eigenvalue weighted by atomic mass is 35.5. The minimum Gasteiger partial charge on any atom is -0.375 e. The largest absolute Gasteiger partial charge is 0.375 e. The summed E-state index contributed by atoms with van der Waals surface area (Å²) in [7, 11) is 0. The van der Waals surface area contributed by atoms with Gasteiger partial charge in [-0.15, -0.1) is 24.8 Å².